The molecule has 3 aromatic rings. The van der Waals surface area contributed by atoms with Crippen LogP contribution in [0.1, 0.15) is 22.8 Å². The number of ether oxygens (including phenoxy) is 2. The molecule has 11 nitrogen and oxygen atoms in total. The van der Waals surface area contributed by atoms with E-state index in [9.17, 15) is 19.2 Å². The molecule has 1 saturated heterocycles. The quantitative estimate of drug-likeness (QED) is 0.156. The van der Waals surface area contributed by atoms with Crippen molar-refractivity contribution in [3.63, 3.8) is 0 Å². The van der Waals surface area contributed by atoms with E-state index >= 15 is 0 Å². The average Bonchev–Trinajstić information content (AvgIpc) is 3.04. The van der Waals surface area contributed by atoms with Gasteiger partial charge in [0.05, 0.1) is 0 Å². The van der Waals surface area contributed by atoms with Crippen LogP contribution in [0.15, 0.2) is 107 Å². The van der Waals surface area contributed by atoms with E-state index in [1.807, 2.05) is 60.7 Å². The fraction of sp³-hybridized carbons (Fsp3) is 0.194. The summed E-state index contributed by atoms with van der Waals surface area (Å²) in [6.07, 6.45) is -1.80. The minimum absolute atomic E-state index is 0.00514. The number of fused-ring (bicyclic) bond motifs is 1. The molecular formula is C31H28N4O7S. The van der Waals surface area contributed by atoms with E-state index < -0.39 is 41.4 Å². The first kappa shape index (κ1) is 29.4. The van der Waals surface area contributed by atoms with E-state index in [-0.39, 0.29) is 23.8 Å². The Morgan fingerprint density at radius 1 is 0.977 bits per heavy atom. The first-order valence-corrected chi connectivity index (χ1v) is 14.3. The van der Waals surface area contributed by atoms with Crippen LogP contribution in [0.5, 0.6) is 0 Å². The van der Waals surface area contributed by atoms with E-state index in [1.165, 1.54) is 23.8 Å². The molecule has 0 spiro atoms. The third-order valence-electron chi connectivity index (χ3n) is 6.79. The molecule has 0 aromatic heterocycles. The van der Waals surface area contributed by atoms with Crippen LogP contribution in [0.2, 0.25) is 0 Å². The molecule has 12 heteroatoms. The second-order valence-electron chi connectivity index (χ2n) is 9.52. The summed E-state index contributed by atoms with van der Waals surface area (Å²) in [5.74, 6) is -1.71. The van der Waals surface area contributed by atoms with Crippen molar-refractivity contribution in [2.75, 3.05) is 19.5 Å². The normalized spacial score (nSPS) is 18.0. The molecule has 2 aliphatic heterocycles. The number of nitrogens with two attached hydrogens (primary N) is 1. The van der Waals surface area contributed by atoms with Gasteiger partial charge in [0.15, 0.2) is 11.8 Å². The molecule has 0 unspecified atom stereocenters. The van der Waals surface area contributed by atoms with Crippen LogP contribution >= 0.6 is 11.8 Å². The highest BCUT2D eigenvalue weighted by molar-refractivity contribution is 8.00. The largest absolute Gasteiger partial charge is 0.448 e. The van der Waals surface area contributed by atoms with Gasteiger partial charge in [-0.3, -0.25) is 14.5 Å². The number of hydrogen-bond donors (Lipinski definition) is 2. The number of carbonyl (C=O) groups excluding carboxylic acids is 4. The summed E-state index contributed by atoms with van der Waals surface area (Å²) in [6.45, 7) is -0.305. The van der Waals surface area contributed by atoms with Gasteiger partial charge < -0.3 is 25.4 Å². The van der Waals surface area contributed by atoms with Crippen LogP contribution in [0.4, 0.5) is 4.79 Å². The second-order valence-corrected chi connectivity index (χ2v) is 10.6. The summed E-state index contributed by atoms with van der Waals surface area (Å²) >= 11 is 1.30. The van der Waals surface area contributed by atoms with Crippen molar-refractivity contribution in [2.45, 2.75) is 17.5 Å². The van der Waals surface area contributed by atoms with E-state index in [0.717, 1.165) is 11.1 Å². The number of benzene rings is 3. The topological polar surface area (TPSA) is 150 Å². The molecule has 3 N–H and O–H groups in total. The van der Waals surface area contributed by atoms with Crippen LogP contribution in [0.25, 0.3) is 0 Å². The zero-order valence-electron chi connectivity index (χ0n) is 23.0. The molecule has 3 aromatic carbocycles. The predicted octanol–water partition coefficient (Wildman–Crippen LogP) is 3.12. The van der Waals surface area contributed by atoms with Gasteiger partial charge in [0.2, 0.25) is 0 Å². The molecule has 5 rings (SSSR count). The van der Waals surface area contributed by atoms with Crippen LogP contribution in [-0.4, -0.2) is 65.4 Å². The fourth-order valence-electron chi connectivity index (χ4n) is 4.81. The minimum Gasteiger partial charge on any atom is -0.448 e. The lowest BCUT2D eigenvalue weighted by atomic mass is 10.0. The summed E-state index contributed by atoms with van der Waals surface area (Å²) < 4.78 is 11.1. The van der Waals surface area contributed by atoms with Crippen molar-refractivity contribution in [1.82, 2.24) is 10.2 Å². The van der Waals surface area contributed by atoms with Crippen molar-refractivity contribution in [3.05, 3.63) is 119 Å². The Labute approximate surface area is 251 Å². The molecule has 2 atom stereocenters. The number of β-lactam (4-membered cyclic amide) rings is 1. The SMILES string of the molecule is CON=C(C(=O)N[C@@H]1C(=O)N2C(C(=O)OC(c3ccccc3)c3ccccc3)=C(COC(N)=O)CS[C@H]12)c1ccccc1. The molecule has 0 aliphatic carbocycles. The zero-order valence-corrected chi connectivity index (χ0v) is 23.9. The van der Waals surface area contributed by atoms with Crippen LogP contribution < -0.4 is 11.1 Å². The monoisotopic (exact) mass is 600 g/mol. The Morgan fingerprint density at radius 3 is 2.12 bits per heavy atom. The Balaban J connectivity index is 1.42. The number of hydrogen-bond acceptors (Lipinski definition) is 9. The summed E-state index contributed by atoms with van der Waals surface area (Å²) in [7, 11) is 1.32. The van der Waals surface area contributed by atoms with Gasteiger partial charge in [0.25, 0.3) is 11.8 Å². The fourth-order valence-corrected chi connectivity index (χ4v) is 6.14. The Hall–Kier alpha value is -5.10. The van der Waals surface area contributed by atoms with Gasteiger partial charge in [-0.05, 0) is 11.1 Å². The average molecular weight is 601 g/mol. The van der Waals surface area contributed by atoms with Crippen molar-refractivity contribution in [2.24, 2.45) is 10.9 Å². The number of amides is 3. The highest BCUT2D eigenvalue weighted by atomic mass is 32.2. The standard InChI is InChI=1S/C31H28N4O7S/c1-40-34-23(19-11-5-2-6-12-19)27(36)33-24-28(37)35-25(22(17-41-31(32)39)18-43-29(24)35)30(38)42-26(20-13-7-3-8-14-20)21-15-9-4-10-16-21/h2-16,24,26,29H,17-18H2,1H3,(H2,32,39)(H,33,36)/t24-,29-/m1/s1. The number of nitrogens with one attached hydrogen (secondary N) is 1. The smallest absolute Gasteiger partial charge is 0.404 e. The first-order chi connectivity index (χ1) is 20.9. The van der Waals surface area contributed by atoms with Gasteiger partial charge in [-0.2, -0.15) is 0 Å². The first-order valence-electron chi connectivity index (χ1n) is 13.3. The maximum Gasteiger partial charge on any atom is 0.404 e. The summed E-state index contributed by atoms with van der Waals surface area (Å²) in [6, 6.07) is 26.1. The van der Waals surface area contributed by atoms with Crippen molar-refractivity contribution < 1.29 is 33.5 Å². The highest BCUT2D eigenvalue weighted by Gasteiger charge is 2.55. The number of rotatable bonds is 10. The van der Waals surface area contributed by atoms with E-state index in [1.54, 1.807) is 30.3 Å². The Morgan fingerprint density at radius 2 is 1.56 bits per heavy atom. The van der Waals surface area contributed by atoms with Gasteiger partial charge in [0, 0.05) is 16.9 Å². The molecule has 0 bridgehead atoms. The number of esters is 1. The lowest BCUT2D eigenvalue weighted by molar-refractivity contribution is -0.154. The summed E-state index contributed by atoms with van der Waals surface area (Å²) in [5, 5.41) is 5.95. The van der Waals surface area contributed by atoms with Crippen molar-refractivity contribution >= 4 is 41.4 Å². The number of carbonyl (C=O) groups is 4. The number of thioether (sulfide) groups is 1. The molecule has 0 radical (unpaired) electrons. The van der Waals surface area contributed by atoms with E-state index in [4.69, 9.17) is 20.0 Å². The molecule has 2 heterocycles. The summed E-state index contributed by atoms with van der Waals surface area (Å²) in [4.78, 5) is 58.1. The molecule has 220 valence electrons. The predicted molar refractivity (Wildman–Crippen MR) is 158 cm³/mol. The van der Waals surface area contributed by atoms with Crippen LogP contribution in [-0.2, 0) is 28.7 Å². The van der Waals surface area contributed by atoms with Gasteiger partial charge in [0.1, 0.15) is 30.8 Å². The maximum atomic E-state index is 13.9. The lowest BCUT2D eigenvalue weighted by Gasteiger charge is -2.49. The second kappa shape index (κ2) is 13.3. The van der Waals surface area contributed by atoms with E-state index in [0.29, 0.717) is 11.1 Å². The molecule has 1 fully saturated rings. The van der Waals surface area contributed by atoms with Crippen LogP contribution in [0.3, 0.4) is 0 Å². The number of oxime groups is 1. The molecule has 43 heavy (non-hydrogen) atoms. The molecular weight excluding hydrogens is 572 g/mol. The number of nitrogens with zero attached hydrogens (tertiary/aromatic N) is 2. The van der Waals surface area contributed by atoms with Crippen LogP contribution in [0, 0.1) is 0 Å². The van der Waals surface area contributed by atoms with Gasteiger partial charge >= 0.3 is 12.1 Å². The van der Waals surface area contributed by atoms with Crippen molar-refractivity contribution in [1.29, 1.82) is 0 Å². The third-order valence-corrected chi connectivity index (χ3v) is 8.13. The van der Waals surface area contributed by atoms with Gasteiger partial charge in [-0.25, -0.2) is 9.59 Å². The van der Waals surface area contributed by atoms with E-state index in [2.05, 4.69) is 10.5 Å². The summed E-state index contributed by atoms with van der Waals surface area (Å²) in [5.41, 5.74) is 7.45. The maximum absolute atomic E-state index is 13.9. The van der Waals surface area contributed by atoms with Gasteiger partial charge in [-0.1, -0.05) is 96.2 Å². The number of primary amides is 1. The zero-order chi connectivity index (χ0) is 30.3. The highest BCUT2D eigenvalue weighted by Crippen LogP contribution is 2.41. The third kappa shape index (κ3) is 6.38. The Bertz CT molecular complexity index is 1530. The van der Waals surface area contributed by atoms with Crippen molar-refractivity contribution in [3.8, 4) is 0 Å². The molecule has 2 aliphatic rings. The lowest BCUT2D eigenvalue weighted by Crippen LogP contribution is -2.71. The Kier molecular flexibility index (Phi) is 9.06. The van der Waals surface area contributed by atoms with Gasteiger partial charge in [-0.15, -0.1) is 11.8 Å². The molecule has 3 amide bonds. The molecule has 0 saturated carbocycles. The minimum atomic E-state index is -1.02.